The molecule has 2 aromatic rings. The van der Waals surface area contributed by atoms with Gasteiger partial charge in [0, 0.05) is 7.05 Å². The minimum Gasteiger partial charge on any atom is -0.487 e. The molecule has 0 unspecified atom stereocenters. The van der Waals surface area contributed by atoms with Gasteiger partial charge in [0.25, 0.3) is 0 Å². The molecule has 1 heterocycles. The second kappa shape index (κ2) is 5.97. The van der Waals surface area contributed by atoms with Gasteiger partial charge in [0.05, 0.1) is 22.0 Å². The average molecular weight is 339 g/mol. The minimum absolute atomic E-state index is 0.451. The molecule has 20 heavy (non-hydrogen) atoms. The highest BCUT2D eigenvalue weighted by atomic mass is 79.9. The average Bonchev–Trinajstić information content (AvgIpc) is 2.62. The molecule has 0 fully saturated rings. The fraction of sp³-hybridized carbons (Fsp3) is 0.400. The first-order valence-corrected chi connectivity index (χ1v) is 7.29. The lowest BCUT2D eigenvalue weighted by molar-refractivity contribution is 0.199. The Labute approximate surface area is 127 Å². The molecule has 1 N–H and O–H groups in total. The van der Waals surface area contributed by atoms with Crippen LogP contribution in [0.5, 0.6) is 5.75 Å². The van der Waals surface area contributed by atoms with E-state index in [1.807, 2.05) is 43.8 Å². The first-order valence-electron chi connectivity index (χ1n) is 6.49. The van der Waals surface area contributed by atoms with Crippen LogP contribution in [0, 0.1) is 13.8 Å². The Hall–Kier alpha value is -1.33. The SMILES string of the molecule is Cc1cc([C@@H](C)O)ccc1OCc1c(Br)c(C)nn1C. The topological polar surface area (TPSA) is 47.3 Å². The van der Waals surface area contributed by atoms with Gasteiger partial charge in [-0.05, 0) is 60.0 Å². The third-order valence-electron chi connectivity index (χ3n) is 3.31. The van der Waals surface area contributed by atoms with E-state index in [2.05, 4.69) is 21.0 Å². The quantitative estimate of drug-likeness (QED) is 0.928. The van der Waals surface area contributed by atoms with Crippen molar-refractivity contribution in [3.63, 3.8) is 0 Å². The molecule has 0 amide bonds. The number of hydrogen-bond donors (Lipinski definition) is 1. The normalized spacial score (nSPS) is 12.5. The van der Waals surface area contributed by atoms with Crippen LogP contribution >= 0.6 is 15.9 Å². The Bertz CT molecular complexity index is 621. The van der Waals surface area contributed by atoms with Crippen molar-refractivity contribution in [2.45, 2.75) is 33.5 Å². The molecule has 1 aromatic heterocycles. The number of nitrogens with zero attached hydrogens (tertiary/aromatic N) is 2. The third kappa shape index (κ3) is 3.04. The first-order chi connectivity index (χ1) is 9.40. The zero-order valence-corrected chi connectivity index (χ0v) is 13.7. The number of aromatic nitrogens is 2. The van der Waals surface area contributed by atoms with Gasteiger partial charge in [-0.25, -0.2) is 0 Å². The highest BCUT2D eigenvalue weighted by Gasteiger charge is 2.12. The molecular formula is C15H19BrN2O2. The standard InChI is InChI=1S/C15H19BrN2O2/c1-9-7-12(11(3)19)5-6-14(9)20-8-13-15(16)10(2)17-18(13)4/h5-7,11,19H,8H2,1-4H3/t11-/m1/s1. The first kappa shape index (κ1) is 15.1. The summed E-state index contributed by atoms with van der Waals surface area (Å²) in [7, 11) is 1.90. The zero-order chi connectivity index (χ0) is 14.9. The van der Waals surface area contributed by atoms with E-state index >= 15 is 0 Å². The van der Waals surface area contributed by atoms with E-state index in [9.17, 15) is 5.11 Å². The van der Waals surface area contributed by atoms with Gasteiger partial charge in [0.15, 0.2) is 0 Å². The van der Waals surface area contributed by atoms with Crippen LogP contribution in [0.3, 0.4) is 0 Å². The van der Waals surface area contributed by atoms with E-state index in [0.717, 1.165) is 32.7 Å². The van der Waals surface area contributed by atoms with E-state index in [1.165, 1.54) is 0 Å². The Morgan fingerprint density at radius 3 is 2.60 bits per heavy atom. The summed E-state index contributed by atoms with van der Waals surface area (Å²) in [5, 5.41) is 13.9. The van der Waals surface area contributed by atoms with Crippen LogP contribution in [-0.2, 0) is 13.7 Å². The van der Waals surface area contributed by atoms with Gasteiger partial charge in [-0.1, -0.05) is 6.07 Å². The summed E-state index contributed by atoms with van der Waals surface area (Å²) >= 11 is 3.53. The lowest BCUT2D eigenvalue weighted by Gasteiger charge is -2.12. The third-order valence-corrected chi connectivity index (χ3v) is 4.34. The van der Waals surface area contributed by atoms with E-state index in [0.29, 0.717) is 6.61 Å². The van der Waals surface area contributed by atoms with E-state index in [4.69, 9.17) is 4.74 Å². The maximum absolute atomic E-state index is 9.56. The maximum atomic E-state index is 9.56. The van der Waals surface area contributed by atoms with Crippen LogP contribution in [0.2, 0.25) is 0 Å². The van der Waals surface area contributed by atoms with E-state index in [-0.39, 0.29) is 0 Å². The number of hydrogen-bond acceptors (Lipinski definition) is 3. The second-order valence-corrected chi connectivity index (χ2v) is 5.75. The second-order valence-electron chi connectivity index (χ2n) is 4.96. The molecule has 0 aliphatic carbocycles. The van der Waals surface area contributed by atoms with Crippen molar-refractivity contribution in [3.8, 4) is 5.75 Å². The van der Waals surface area contributed by atoms with Crippen molar-refractivity contribution in [2.24, 2.45) is 7.05 Å². The fourth-order valence-corrected chi connectivity index (χ4v) is 2.53. The van der Waals surface area contributed by atoms with Crippen LogP contribution in [-0.4, -0.2) is 14.9 Å². The van der Waals surface area contributed by atoms with Gasteiger partial charge in [0.2, 0.25) is 0 Å². The van der Waals surface area contributed by atoms with E-state index in [1.54, 1.807) is 6.92 Å². The summed E-state index contributed by atoms with van der Waals surface area (Å²) in [6, 6.07) is 5.73. The van der Waals surface area contributed by atoms with Gasteiger partial charge >= 0.3 is 0 Å². The molecule has 0 saturated carbocycles. The number of ether oxygens (including phenoxy) is 1. The van der Waals surface area contributed by atoms with Gasteiger partial charge in [-0.15, -0.1) is 0 Å². The summed E-state index contributed by atoms with van der Waals surface area (Å²) < 4.78 is 8.66. The largest absolute Gasteiger partial charge is 0.487 e. The summed E-state index contributed by atoms with van der Waals surface area (Å²) in [5.74, 6) is 0.820. The molecule has 0 aliphatic rings. The van der Waals surface area contributed by atoms with Crippen LogP contribution in [0.25, 0.3) is 0 Å². The van der Waals surface area contributed by atoms with Gasteiger partial charge in [-0.3, -0.25) is 4.68 Å². The van der Waals surface area contributed by atoms with Crippen molar-refractivity contribution >= 4 is 15.9 Å². The molecule has 2 rings (SSSR count). The molecule has 0 saturated heterocycles. The van der Waals surface area contributed by atoms with Crippen molar-refractivity contribution in [2.75, 3.05) is 0 Å². The van der Waals surface area contributed by atoms with E-state index < -0.39 is 6.10 Å². The summed E-state index contributed by atoms with van der Waals surface area (Å²) in [6.07, 6.45) is -0.461. The fourth-order valence-electron chi connectivity index (χ4n) is 2.08. The number of aliphatic hydroxyl groups excluding tert-OH is 1. The Kier molecular flexibility index (Phi) is 4.50. The lowest BCUT2D eigenvalue weighted by atomic mass is 10.1. The molecular weight excluding hydrogens is 320 g/mol. The predicted molar refractivity (Wildman–Crippen MR) is 81.8 cm³/mol. The molecule has 0 bridgehead atoms. The van der Waals surface area contributed by atoms with Crippen molar-refractivity contribution in [1.82, 2.24) is 9.78 Å². The van der Waals surface area contributed by atoms with Gasteiger partial charge in [0.1, 0.15) is 12.4 Å². The smallest absolute Gasteiger partial charge is 0.131 e. The number of halogens is 1. The predicted octanol–water partition coefficient (Wildman–Crippen LogP) is 3.43. The number of rotatable bonds is 4. The summed E-state index contributed by atoms with van der Waals surface area (Å²) in [5.41, 5.74) is 3.86. The molecule has 5 heteroatoms. The summed E-state index contributed by atoms with van der Waals surface area (Å²) in [4.78, 5) is 0. The van der Waals surface area contributed by atoms with Gasteiger partial charge < -0.3 is 9.84 Å². The van der Waals surface area contributed by atoms with Crippen molar-refractivity contribution in [1.29, 1.82) is 0 Å². The number of benzene rings is 1. The highest BCUT2D eigenvalue weighted by molar-refractivity contribution is 9.10. The summed E-state index contributed by atoms with van der Waals surface area (Å²) in [6.45, 7) is 6.14. The monoisotopic (exact) mass is 338 g/mol. The number of aryl methyl sites for hydroxylation is 3. The maximum Gasteiger partial charge on any atom is 0.131 e. The molecule has 0 aliphatic heterocycles. The lowest BCUT2D eigenvalue weighted by Crippen LogP contribution is -2.04. The van der Waals surface area contributed by atoms with Crippen LogP contribution in [0.1, 0.15) is 35.5 Å². The van der Waals surface area contributed by atoms with Crippen LogP contribution in [0.4, 0.5) is 0 Å². The van der Waals surface area contributed by atoms with Crippen LogP contribution < -0.4 is 4.74 Å². The molecule has 0 spiro atoms. The Morgan fingerprint density at radius 2 is 2.10 bits per heavy atom. The molecule has 4 nitrogen and oxygen atoms in total. The highest BCUT2D eigenvalue weighted by Crippen LogP contribution is 2.25. The minimum atomic E-state index is -0.461. The Balaban J connectivity index is 2.15. The zero-order valence-electron chi connectivity index (χ0n) is 12.1. The number of aliphatic hydroxyl groups is 1. The van der Waals surface area contributed by atoms with Gasteiger partial charge in [-0.2, -0.15) is 5.10 Å². The molecule has 0 radical (unpaired) electrons. The molecule has 1 atom stereocenters. The van der Waals surface area contributed by atoms with Crippen molar-refractivity contribution < 1.29 is 9.84 Å². The van der Waals surface area contributed by atoms with Crippen molar-refractivity contribution in [3.05, 3.63) is 45.2 Å². The van der Waals surface area contributed by atoms with Crippen LogP contribution in [0.15, 0.2) is 22.7 Å². The Morgan fingerprint density at radius 1 is 1.40 bits per heavy atom. The molecule has 108 valence electrons. The molecule has 1 aromatic carbocycles.